The molecule has 1 fully saturated rings. The van der Waals surface area contributed by atoms with Gasteiger partial charge in [0, 0.05) is 46.9 Å². The molecule has 0 atom stereocenters. The normalized spacial score (nSPS) is 14.0. The maximum atomic E-state index is 13.5. The van der Waals surface area contributed by atoms with E-state index in [2.05, 4.69) is 36.2 Å². The molecule has 3 heterocycles. The standard InChI is InChI=1S/C33H30Cl2N4OS/c1-21-3-7-25(8-4-21)31-30(24-9-13-28(35)14-10-24)37-32(41-31)26-15-17-38(18-16-26)33(40)29-22(2)39(20-36-29)19-23-5-11-27(34)12-6-23/h3-14,20,26H,15-19H2,1-2H3. The van der Waals surface area contributed by atoms with Gasteiger partial charge in [0.05, 0.1) is 21.9 Å². The second-order valence-corrected chi connectivity index (χ2v) is 12.5. The van der Waals surface area contributed by atoms with Crippen molar-refractivity contribution in [3.63, 3.8) is 0 Å². The van der Waals surface area contributed by atoms with Gasteiger partial charge in [0.1, 0.15) is 5.69 Å². The Morgan fingerprint density at radius 1 is 0.878 bits per heavy atom. The summed E-state index contributed by atoms with van der Waals surface area (Å²) in [6.45, 7) is 6.08. The average molecular weight is 602 g/mol. The van der Waals surface area contributed by atoms with E-state index in [1.807, 2.05) is 64.9 Å². The molecule has 0 unspecified atom stereocenters. The van der Waals surface area contributed by atoms with Crippen LogP contribution < -0.4 is 0 Å². The van der Waals surface area contributed by atoms with E-state index in [0.29, 0.717) is 41.3 Å². The van der Waals surface area contributed by atoms with Crippen LogP contribution in [0.1, 0.15) is 51.1 Å². The van der Waals surface area contributed by atoms with Crippen LogP contribution in [-0.2, 0) is 6.54 Å². The van der Waals surface area contributed by atoms with E-state index < -0.39 is 0 Å². The van der Waals surface area contributed by atoms with Gasteiger partial charge >= 0.3 is 0 Å². The maximum absolute atomic E-state index is 13.5. The minimum absolute atomic E-state index is 0.00265. The quantitative estimate of drug-likeness (QED) is 0.196. The zero-order chi connectivity index (χ0) is 28.5. The zero-order valence-corrected chi connectivity index (χ0v) is 25.3. The number of aromatic nitrogens is 3. The number of rotatable bonds is 6. The first-order chi connectivity index (χ1) is 19.9. The Labute approximate surface area is 254 Å². The highest BCUT2D eigenvalue weighted by Crippen LogP contribution is 2.42. The van der Waals surface area contributed by atoms with Gasteiger partial charge in [-0.1, -0.05) is 77.3 Å². The first kappa shape index (κ1) is 27.7. The second-order valence-electron chi connectivity index (χ2n) is 10.6. The van der Waals surface area contributed by atoms with Crippen LogP contribution in [0.3, 0.4) is 0 Å². The number of carbonyl (C=O) groups is 1. The van der Waals surface area contributed by atoms with E-state index in [1.165, 1.54) is 16.0 Å². The fourth-order valence-electron chi connectivity index (χ4n) is 5.29. The van der Waals surface area contributed by atoms with Crippen LogP contribution in [0, 0.1) is 13.8 Å². The SMILES string of the molecule is Cc1ccc(-c2sc(C3CCN(C(=O)c4ncn(Cc5ccc(Cl)cc5)c4C)CC3)nc2-c2ccc(Cl)cc2)cc1. The van der Waals surface area contributed by atoms with Crippen LogP contribution in [0.15, 0.2) is 79.1 Å². The first-order valence-corrected chi connectivity index (χ1v) is 15.3. The number of thiazole rings is 1. The van der Waals surface area contributed by atoms with Gasteiger partial charge < -0.3 is 9.47 Å². The van der Waals surface area contributed by atoms with E-state index in [1.54, 1.807) is 17.7 Å². The van der Waals surface area contributed by atoms with Gasteiger partial charge in [0.25, 0.3) is 5.91 Å². The highest BCUT2D eigenvalue weighted by molar-refractivity contribution is 7.15. The lowest BCUT2D eigenvalue weighted by Crippen LogP contribution is -2.38. The summed E-state index contributed by atoms with van der Waals surface area (Å²) in [6.07, 6.45) is 3.50. The molecule has 0 aliphatic carbocycles. The fraction of sp³-hybridized carbons (Fsp3) is 0.242. The van der Waals surface area contributed by atoms with Crippen molar-refractivity contribution in [3.8, 4) is 21.7 Å². The lowest BCUT2D eigenvalue weighted by Gasteiger charge is -2.30. The summed E-state index contributed by atoms with van der Waals surface area (Å²) < 4.78 is 2.02. The predicted molar refractivity (Wildman–Crippen MR) is 168 cm³/mol. The summed E-state index contributed by atoms with van der Waals surface area (Å²) >= 11 is 14.0. The molecule has 1 aliphatic heterocycles. The molecular weight excluding hydrogens is 571 g/mol. The zero-order valence-electron chi connectivity index (χ0n) is 23.0. The molecule has 41 heavy (non-hydrogen) atoms. The molecule has 0 saturated carbocycles. The highest BCUT2D eigenvalue weighted by atomic mass is 35.5. The summed E-state index contributed by atoms with van der Waals surface area (Å²) in [5.74, 6) is 0.301. The number of halogens is 2. The smallest absolute Gasteiger partial charge is 0.274 e. The van der Waals surface area contributed by atoms with Crippen LogP contribution in [-0.4, -0.2) is 38.4 Å². The molecule has 1 amide bonds. The van der Waals surface area contributed by atoms with Gasteiger partial charge in [-0.15, -0.1) is 11.3 Å². The molecule has 0 bridgehead atoms. The number of aryl methyl sites for hydroxylation is 1. The molecule has 0 spiro atoms. The van der Waals surface area contributed by atoms with Crippen molar-refractivity contribution in [1.29, 1.82) is 0 Å². The Morgan fingerprint density at radius 2 is 1.49 bits per heavy atom. The number of piperidine rings is 1. The van der Waals surface area contributed by atoms with Crippen LogP contribution in [0.4, 0.5) is 0 Å². The molecule has 2 aromatic heterocycles. The van der Waals surface area contributed by atoms with E-state index in [9.17, 15) is 4.79 Å². The van der Waals surface area contributed by atoms with Gasteiger partial charge in [-0.3, -0.25) is 4.79 Å². The number of hydrogen-bond acceptors (Lipinski definition) is 4. The topological polar surface area (TPSA) is 51.0 Å². The Morgan fingerprint density at radius 3 is 2.15 bits per heavy atom. The minimum atomic E-state index is -0.00265. The van der Waals surface area contributed by atoms with Gasteiger partial charge in [-0.05, 0) is 62.1 Å². The molecular formula is C33H30Cl2N4OS. The Hall–Kier alpha value is -3.45. The molecule has 5 nitrogen and oxygen atoms in total. The number of imidazole rings is 1. The molecule has 5 aromatic rings. The molecule has 6 rings (SSSR count). The summed E-state index contributed by atoms with van der Waals surface area (Å²) in [4.78, 5) is 26.2. The molecule has 0 N–H and O–H groups in total. The Bertz CT molecular complexity index is 1600. The molecule has 208 valence electrons. The van der Waals surface area contributed by atoms with Crippen molar-refractivity contribution in [2.24, 2.45) is 0 Å². The number of carbonyl (C=O) groups excluding carboxylic acids is 1. The number of amides is 1. The van der Waals surface area contributed by atoms with Gasteiger partial charge in [-0.2, -0.15) is 0 Å². The molecule has 1 saturated heterocycles. The maximum Gasteiger partial charge on any atom is 0.274 e. The lowest BCUT2D eigenvalue weighted by atomic mass is 9.97. The highest BCUT2D eigenvalue weighted by Gasteiger charge is 2.29. The van der Waals surface area contributed by atoms with Crippen molar-refractivity contribution < 1.29 is 4.79 Å². The van der Waals surface area contributed by atoms with E-state index in [4.69, 9.17) is 28.2 Å². The lowest BCUT2D eigenvalue weighted by molar-refractivity contribution is 0.0706. The van der Waals surface area contributed by atoms with E-state index >= 15 is 0 Å². The number of nitrogens with zero attached hydrogens (tertiary/aromatic N) is 4. The van der Waals surface area contributed by atoms with Crippen LogP contribution >= 0.6 is 34.5 Å². The number of likely N-dealkylation sites (tertiary alicyclic amines) is 1. The average Bonchev–Trinajstić information content (AvgIpc) is 3.59. The minimum Gasteiger partial charge on any atom is -0.337 e. The molecule has 3 aromatic carbocycles. The van der Waals surface area contributed by atoms with Crippen LogP contribution in [0.25, 0.3) is 21.7 Å². The predicted octanol–water partition coefficient (Wildman–Crippen LogP) is 8.67. The molecule has 8 heteroatoms. The van der Waals surface area contributed by atoms with E-state index in [0.717, 1.165) is 40.4 Å². The summed E-state index contributed by atoms with van der Waals surface area (Å²) in [7, 11) is 0. The van der Waals surface area contributed by atoms with Gasteiger partial charge in [0.2, 0.25) is 0 Å². The molecule has 0 radical (unpaired) electrons. The first-order valence-electron chi connectivity index (χ1n) is 13.7. The van der Waals surface area contributed by atoms with Crippen molar-refractivity contribution in [3.05, 3.63) is 117 Å². The monoisotopic (exact) mass is 600 g/mol. The Balaban J connectivity index is 1.18. The third-order valence-electron chi connectivity index (χ3n) is 7.78. The third-order valence-corrected chi connectivity index (χ3v) is 9.55. The van der Waals surface area contributed by atoms with Crippen molar-refractivity contribution in [2.75, 3.05) is 13.1 Å². The summed E-state index contributed by atoms with van der Waals surface area (Å²) in [5, 5.41) is 2.55. The van der Waals surface area contributed by atoms with E-state index in [-0.39, 0.29) is 5.91 Å². The largest absolute Gasteiger partial charge is 0.337 e. The van der Waals surface area contributed by atoms with Gasteiger partial charge in [0.15, 0.2) is 0 Å². The summed E-state index contributed by atoms with van der Waals surface area (Å²) in [5.41, 5.74) is 6.97. The van der Waals surface area contributed by atoms with Crippen LogP contribution in [0.2, 0.25) is 10.0 Å². The molecule has 1 aliphatic rings. The fourth-order valence-corrected chi connectivity index (χ4v) is 6.81. The van der Waals surface area contributed by atoms with Crippen LogP contribution in [0.5, 0.6) is 0 Å². The second kappa shape index (κ2) is 11.8. The number of benzene rings is 3. The van der Waals surface area contributed by atoms with Crippen molar-refractivity contribution in [1.82, 2.24) is 19.4 Å². The Kier molecular flexibility index (Phi) is 7.98. The van der Waals surface area contributed by atoms with Crippen molar-refractivity contribution >= 4 is 40.4 Å². The number of hydrogen-bond donors (Lipinski definition) is 0. The third kappa shape index (κ3) is 5.96. The van der Waals surface area contributed by atoms with Gasteiger partial charge in [-0.25, -0.2) is 9.97 Å². The summed E-state index contributed by atoms with van der Waals surface area (Å²) in [6, 6.07) is 24.3. The van der Waals surface area contributed by atoms with Crippen molar-refractivity contribution in [2.45, 2.75) is 39.2 Å².